The van der Waals surface area contributed by atoms with Gasteiger partial charge in [-0.3, -0.25) is 11.3 Å². The van der Waals surface area contributed by atoms with E-state index in [0.29, 0.717) is 0 Å². The molecule has 0 aromatic heterocycles. The molecule has 0 spiro atoms. The Morgan fingerprint density at radius 3 is 2.43 bits per heavy atom. The van der Waals surface area contributed by atoms with E-state index >= 15 is 0 Å². The lowest BCUT2D eigenvalue weighted by Crippen LogP contribution is -2.56. The zero-order valence-electron chi connectivity index (χ0n) is 13.2. The van der Waals surface area contributed by atoms with E-state index in [0.717, 1.165) is 18.4 Å². The fourth-order valence-corrected chi connectivity index (χ4v) is 3.58. The van der Waals surface area contributed by atoms with Crippen molar-refractivity contribution in [2.24, 2.45) is 5.84 Å². The van der Waals surface area contributed by atoms with Gasteiger partial charge in [0.15, 0.2) is 11.6 Å². The van der Waals surface area contributed by atoms with Crippen molar-refractivity contribution < 1.29 is 9.13 Å². The van der Waals surface area contributed by atoms with E-state index in [4.69, 9.17) is 10.6 Å². The molecule has 0 heterocycles. The molecule has 1 aliphatic rings. The second-order valence-electron chi connectivity index (χ2n) is 6.05. The molecule has 1 aromatic rings. The van der Waals surface area contributed by atoms with Gasteiger partial charge in [-0.1, -0.05) is 25.3 Å². The van der Waals surface area contributed by atoms with Gasteiger partial charge in [-0.2, -0.15) is 0 Å². The number of hydrazine groups is 1. The Labute approximate surface area is 126 Å². The van der Waals surface area contributed by atoms with Crippen molar-refractivity contribution in [3.05, 3.63) is 29.6 Å². The molecule has 0 amide bonds. The summed E-state index contributed by atoms with van der Waals surface area (Å²) in [7, 11) is 5.63. The van der Waals surface area contributed by atoms with Crippen LogP contribution in [0.1, 0.15) is 43.7 Å². The van der Waals surface area contributed by atoms with Gasteiger partial charge in [-0.25, -0.2) is 4.39 Å². The minimum Gasteiger partial charge on any atom is -0.494 e. The van der Waals surface area contributed by atoms with Gasteiger partial charge in [0.05, 0.1) is 13.2 Å². The van der Waals surface area contributed by atoms with Gasteiger partial charge < -0.3 is 9.64 Å². The maximum Gasteiger partial charge on any atom is 0.165 e. The molecule has 0 aliphatic heterocycles. The van der Waals surface area contributed by atoms with Gasteiger partial charge in [-0.15, -0.1) is 0 Å². The smallest absolute Gasteiger partial charge is 0.165 e. The maximum absolute atomic E-state index is 14.0. The molecule has 0 saturated heterocycles. The van der Waals surface area contributed by atoms with Crippen LogP contribution in [-0.2, 0) is 0 Å². The predicted octanol–water partition coefficient (Wildman–Crippen LogP) is 2.60. The van der Waals surface area contributed by atoms with Gasteiger partial charge in [0, 0.05) is 5.54 Å². The number of methoxy groups -OCH3 is 1. The van der Waals surface area contributed by atoms with Crippen LogP contribution < -0.4 is 16.0 Å². The highest BCUT2D eigenvalue weighted by Gasteiger charge is 2.42. The third-order valence-corrected chi connectivity index (χ3v) is 4.82. The second-order valence-corrected chi connectivity index (χ2v) is 6.05. The van der Waals surface area contributed by atoms with Crippen LogP contribution in [0.2, 0.25) is 0 Å². The number of ether oxygens (including phenoxy) is 1. The first-order valence-electron chi connectivity index (χ1n) is 7.52. The van der Waals surface area contributed by atoms with Crippen molar-refractivity contribution >= 4 is 0 Å². The normalized spacial score (nSPS) is 19.5. The minimum atomic E-state index is -0.347. The van der Waals surface area contributed by atoms with E-state index in [1.807, 2.05) is 6.07 Å². The van der Waals surface area contributed by atoms with Crippen molar-refractivity contribution in [2.75, 3.05) is 21.2 Å². The zero-order valence-corrected chi connectivity index (χ0v) is 13.2. The predicted molar refractivity (Wildman–Crippen MR) is 82.5 cm³/mol. The van der Waals surface area contributed by atoms with Gasteiger partial charge in [0.1, 0.15) is 0 Å². The fraction of sp³-hybridized carbons (Fsp3) is 0.625. The Hall–Kier alpha value is -1.17. The number of nitrogens with zero attached hydrogens (tertiary/aromatic N) is 1. The van der Waals surface area contributed by atoms with Crippen LogP contribution >= 0.6 is 0 Å². The summed E-state index contributed by atoms with van der Waals surface area (Å²) in [6.07, 6.45) is 5.72. The molecule has 1 aliphatic carbocycles. The minimum absolute atomic E-state index is 0.0754. The molecule has 21 heavy (non-hydrogen) atoms. The lowest BCUT2D eigenvalue weighted by atomic mass is 9.73. The van der Waals surface area contributed by atoms with Crippen LogP contribution in [0.3, 0.4) is 0 Å². The molecule has 1 unspecified atom stereocenters. The number of rotatable bonds is 5. The summed E-state index contributed by atoms with van der Waals surface area (Å²) in [5, 5.41) is 0. The van der Waals surface area contributed by atoms with Crippen molar-refractivity contribution in [1.82, 2.24) is 10.3 Å². The molecule has 5 heteroatoms. The number of hydrogen-bond acceptors (Lipinski definition) is 4. The Morgan fingerprint density at radius 1 is 1.29 bits per heavy atom. The topological polar surface area (TPSA) is 50.5 Å². The summed E-state index contributed by atoms with van der Waals surface area (Å²) in [5.41, 5.74) is 3.72. The van der Waals surface area contributed by atoms with Crippen LogP contribution in [0.15, 0.2) is 18.2 Å². The lowest BCUT2D eigenvalue weighted by Gasteiger charge is -2.48. The molecule has 4 nitrogen and oxygen atoms in total. The number of halogens is 1. The molecule has 118 valence electrons. The van der Waals surface area contributed by atoms with Gasteiger partial charge in [0.25, 0.3) is 0 Å². The molecule has 3 N–H and O–H groups in total. The number of hydrogen-bond donors (Lipinski definition) is 2. The summed E-state index contributed by atoms with van der Waals surface area (Å²) in [6, 6.07) is 4.99. The van der Waals surface area contributed by atoms with Gasteiger partial charge in [-0.05, 0) is 44.6 Å². The SMILES string of the molecule is COc1ccc(C(NN)C2(N(C)C)CCCCC2)cc1F. The summed E-state index contributed by atoms with van der Waals surface area (Å²) in [5.74, 6) is 5.76. The van der Waals surface area contributed by atoms with Crippen molar-refractivity contribution in [2.45, 2.75) is 43.7 Å². The van der Waals surface area contributed by atoms with Crippen LogP contribution in [0.5, 0.6) is 5.75 Å². The first kappa shape index (κ1) is 16.2. The first-order valence-corrected chi connectivity index (χ1v) is 7.52. The summed E-state index contributed by atoms with van der Waals surface area (Å²) < 4.78 is 19.0. The van der Waals surface area contributed by atoms with Crippen LogP contribution in [0.25, 0.3) is 0 Å². The Bertz CT molecular complexity index is 473. The quantitative estimate of drug-likeness (QED) is 0.647. The van der Waals surface area contributed by atoms with Gasteiger partial charge >= 0.3 is 0 Å². The summed E-state index contributed by atoms with van der Waals surface area (Å²) in [4.78, 5) is 2.23. The molecule has 0 bridgehead atoms. The molecule has 1 aromatic carbocycles. The third-order valence-electron chi connectivity index (χ3n) is 4.82. The Balaban J connectivity index is 2.38. The molecular formula is C16H26FN3O. The monoisotopic (exact) mass is 295 g/mol. The van der Waals surface area contributed by atoms with Crippen molar-refractivity contribution in [3.63, 3.8) is 0 Å². The van der Waals surface area contributed by atoms with Crippen LogP contribution in [-0.4, -0.2) is 31.6 Å². The first-order chi connectivity index (χ1) is 10.0. The average molecular weight is 295 g/mol. The van der Waals surface area contributed by atoms with E-state index < -0.39 is 0 Å². The molecule has 1 saturated carbocycles. The molecule has 1 fully saturated rings. The average Bonchev–Trinajstić information content (AvgIpc) is 2.49. The zero-order chi connectivity index (χ0) is 15.5. The molecular weight excluding hydrogens is 269 g/mol. The van der Waals surface area contributed by atoms with E-state index in [2.05, 4.69) is 24.4 Å². The van der Waals surface area contributed by atoms with Crippen molar-refractivity contribution in [3.8, 4) is 5.75 Å². The van der Waals surface area contributed by atoms with Gasteiger partial charge in [0.2, 0.25) is 0 Å². The van der Waals surface area contributed by atoms with E-state index in [-0.39, 0.29) is 23.1 Å². The highest BCUT2D eigenvalue weighted by atomic mass is 19.1. The molecule has 2 rings (SSSR count). The Morgan fingerprint density at radius 2 is 1.95 bits per heavy atom. The second kappa shape index (κ2) is 6.73. The number of benzene rings is 1. The van der Waals surface area contributed by atoms with E-state index in [9.17, 15) is 4.39 Å². The highest BCUT2D eigenvalue weighted by Crippen LogP contribution is 2.42. The highest BCUT2D eigenvalue weighted by molar-refractivity contribution is 5.33. The maximum atomic E-state index is 14.0. The van der Waals surface area contributed by atoms with E-state index in [1.54, 1.807) is 6.07 Å². The molecule has 1 atom stereocenters. The number of likely N-dealkylation sites (N-methyl/N-ethyl adjacent to an activating group) is 1. The van der Waals surface area contributed by atoms with Crippen LogP contribution in [0, 0.1) is 5.82 Å². The fourth-order valence-electron chi connectivity index (χ4n) is 3.58. The van der Waals surface area contributed by atoms with Crippen LogP contribution in [0.4, 0.5) is 4.39 Å². The largest absolute Gasteiger partial charge is 0.494 e. The standard InChI is InChI=1S/C16H26FN3O/c1-20(2)16(9-5-4-6-10-16)15(19-18)12-7-8-14(21-3)13(17)11-12/h7-8,11,15,19H,4-6,9-10,18H2,1-3H3. The van der Waals surface area contributed by atoms with Crippen molar-refractivity contribution in [1.29, 1.82) is 0 Å². The Kier molecular flexibility index (Phi) is 5.19. The number of nitrogens with two attached hydrogens (primary N) is 1. The lowest BCUT2D eigenvalue weighted by molar-refractivity contribution is 0.0563. The number of nitrogens with one attached hydrogen (secondary N) is 1. The van der Waals surface area contributed by atoms with E-state index in [1.165, 1.54) is 32.4 Å². The molecule has 0 radical (unpaired) electrons. The summed E-state index contributed by atoms with van der Waals surface area (Å²) >= 11 is 0. The summed E-state index contributed by atoms with van der Waals surface area (Å²) in [6.45, 7) is 0. The third kappa shape index (κ3) is 3.05.